The summed E-state index contributed by atoms with van der Waals surface area (Å²) in [7, 11) is 0. The van der Waals surface area contributed by atoms with Gasteiger partial charge in [-0.05, 0) is 30.7 Å². The van der Waals surface area contributed by atoms with Gasteiger partial charge in [0.25, 0.3) is 0 Å². The molecule has 1 saturated heterocycles. The Labute approximate surface area is 140 Å². The second-order valence-electron chi connectivity index (χ2n) is 6.06. The smallest absolute Gasteiger partial charge is 0.229 e. The largest absolute Gasteiger partial charge is 0.342 e. The summed E-state index contributed by atoms with van der Waals surface area (Å²) in [5, 5.41) is 6.08. The van der Waals surface area contributed by atoms with E-state index in [1.165, 1.54) is 0 Å². The van der Waals surface area contributed by atoms with E-state index < -0.39 is 0 Å². The number of aryl methyl sites for hydroxylation is 1. The number of unbranched alkanes of at least 4 members (excludes halogenated alkanes) is 1. The normalized spacial score (nSPS) is 16.0. The van der Waals surface area contributed by atoms with Crippen LogP contribution in [0.15, 0.2) is 22.0 Å². The lowest BCUT2D eigenvalue weighted by Gasteiger charge is -2.30. The summed E-state index contributed by atoms with van der Waals surface area (Å²) < 4.78 is 5.42. The van der Waals surface area contributed by atoms with Gasteiger partial charge in [0.1, 0.15) is 0 Å². The maximum atomic E-state index is 12.3. The Bertz CT molecular complexity index is 616. The van der Waals surface area contributed by atoms with Crippen molar-refractivity contribution in [3.63, 3.8) is 0 Å². The minimum Gasteiger partial charge on any atom is -0.342 e. The molecule has 0 bridgehead atoms. The molecule has 124 valence electrons. The van der Waals surface area contributed by atoms with Gasteiger partial charge in [0.05, 0.1) is 6.42 Å². The standard InChI is InChI=1S/C17H23N3O2S/c1-2-3-6-15-18-17(22-19-15)13-7-9-20(10-8-13)16(21)12-14-5-4-11-23-14/h4-5,11,13H,2-3,6-10,12H2,1H3. The van der Waals surface area contributed by atoms with Crippen molar-refractivity contribution in [2.75, 3.05) is 13.1 Å². The molecule has 0 N–H and O–H groups in total. The molecule has 0 aliphatic carbocycles. The number of rotatable bonds is 6. The average molecular weight is 333 g/mol. The van der Waals surface area contributed by atoms with Gasteiger partial charge < -0.3 is 9.42 Å². The van der Waals surface area contributed by atoms with Crippen molar-refractivity contribution in [1.29, 1.82) is 0 Å². The summed E-state index contributed by atoms with van der Waals surface area (Å²) in [6.07, 6.45) is 5.45. The highest BCUT2D eigenvalue weighted by molar-refractivity contribution is 7.10. The van der Waals surface area contributed by atoms with Gasteiger partial charge >= 0.3 is 0 Å². The monoisotopic (exact) mass is 333 g/mol. The van der Waals surface area contributed by atoms with Crippen molar-refractivity contribution >= 4 is 17.2 Å². The molecule has 1 amide bonds. The summed E-state index contributed by atoms with van der Waals surface area (Å²) in [6, 6.07) is 4.01. The second kappa shape index (κ2) is 7.73. The predicted octanol–water partition coefficient (Wildman–Crippen LogP) is 3.42. The fourth-order valence-corrected chi connectivity index (χ4v) is 3.62. The maximum Gasteiger partial charge on any atom is 0.229 e. The topological polar surface area (TPSA) is 59.2 Å². The minimum absolute atomic E-state index is 0.222. The first kappa shape index (κ1) is 16.2. The van der Waals surface area contributed by atoms with Crippen LogP contribution < -0.4 is 0 Å². The van der Waals surface area contributed by atoms with Crippen molar-refractivity contribution < 1.29 is 9.32 Å². The molecule has 2 aromatic heterocycles. The quantitative estimate of drug-likeness (QED) is 0.813. The third-order valence-electron chi connectivity index (χ3n) is 4.34. The Morgan fingerprint density at radius 3 is 2.96 bits per heavy atom. The highest BCUT2D eigenvalue weighted by Crippen LogP contribution is 2.27. The molecule has 6 heteroatoms. The molecule has 1 aliphatic rings. The Morgan fingerprint density at radius 2 is 2.26 bits per heavy atom. The predicted molar refractivity (Wildman–Crippen MR) is 89.5 cm³/mol. The van der Waals surface area contributed by atoms with E-state index >= 15 is 0 Å². The van der Waals surface area contributed by atoms with E-state index in [1.807, 2.05) is 22.4 Å². The number of carbonyl (C=O) groups is 1. The first-order valence-corrected chi connectivity index (χ1v) is 9.27. The lowest BCUT2D eigenvalue weighted by Crippen LogP contribution is -2.38. The fourth-order valence-electron chi connectivity index (χ4n) is 2.92. The number of hydrogen-bond donors (Lipinski definition) is 0. The Hall–Kier alpha value is -1.69. The number of piperidine rings is 1. The molecule has 0 unspecified atom stereocenters. The summed E-state index contributed by atoms with van der Waals surface area (Å²) in [4.78, 5) is 19.9. The third-order valence-corrected chi connectivity index (χ3v) is 5.22. The maximum absolute atomic E-state index is 12.3. The van der Waals surface area contributed by atoms with Gasteiger partial charge in [-0.15, -0.1) is 11.3 Å². The van der Waals surface area contributed by atoms with Gasteiger partial charge in [0, 0.05) is 30.3 Å². The number of likely N-dealkylation sites (tertiary alicyclic amines) is 1. The minimum atomic E-state index is 0.222. The zero-order valence-corrected chi connectivity index (χ0v) is 14.3. The first-order valence-electron chi connectivity index (χ1n) is 8.39. The van der Waals surface area contributed by atoms with Crippen LogP contribution >= 0.6 is 11.3 Å². The van der Waals surface area contributed by atoms with E-state index in [2.05, 4.69) is 17.1 Å². The van der Waals surface area contributed by atoms with Crippen molar-refractivity contribution in [2.24, 2.45) is 0 Å². The van der Waals surface area contributed by atoms with Crippen LogP contribution in [0.4, 0.5) is 0 Å². The van der Waals surface area contributed by atoms with Gasteiger partial charge in [0.15, 0.2) is 5.82 Å². The summed E-state index contributed by atoms with van der Waals surface area (Å²) in [5.41, 5.74) is 0. The number of nitrogens with zero attached hydrogens (tertiary/aromatic N) is 3. The van der Waals surface area contributed by atoms with Crippen LogP contribution in [-0.2, 0) is 17.6 Å². The van der Waals surface area contributed by atoms with E-state index in [0.717, 1.165) is 61.8 Å². The van der Waals surface area contributed by atoms with Crippen LogP contribution in [-0.4, -0.2) is 34.0 Å². The van der Waals surface area contributed by atoms with E-state index in [1.54, 1.807) is 11.3 Å². The molecule has 0 saturated carbocycles. The lowest BCUT2D eigenvalue weighted by molar-refractivity contribution is -0.131. The van der Waals surface area contributed by atoms with Crippen LogP contribution in [0.1, 0.15) is 55.1 Å². The molecule has 3 rings (SSSR count). The average Bonchev–Trinajstić information content (AvgIpc) is 3.24. The third kappa shape index (κ3) is 4.19. The fraction of sp³-hybridized carbons (Fsp3) is 0.588. The van der Waals surface area contributed by atoms with Gasteiger partial charge in [-0.25, -0.2) is 0 Å². The summed E-state index contributed by atoms with van der Waals surface area (Å²) in [5.74, 6) is 2.09. The molecular weight excluding hydrogens is 310 g/mol. The van der Waals surface area contributed by atoms with E-state index in [-0.39, 0.29) is 5.91 Å². The van der Waals surface area contributed by atoms with Gasteiger partial charge in [0.2, 0.25) is 11.8 Å². The second-order valence-corrected chi connectivity index (χ2v) is 7.10. The van der Waals surface area contributed by atoms with Gasteiger partial charge in [-0.1, -0.05) is 24.6 Å². The van der Waals surface area contributed by atoms with Crippen LogP contribution in [0.25, 0.3) is 0 Å². The molecule has 1 fully saturated rings. The Morgan fingerprint density at radius 1 is 1.43 bits per heavy atom. The Kier molecular flexibility index (Phi) is 5.43. The number of hydrogen-bond acceptors (Lipinski definition) is 5. The van der Waals surface area contributed by atoms with Crippen LogP contribution in [0.5, 0.6) is 0 Å². The van der Waals surface area contributed by atoms with Crippen LogP contribution in [0.2, 0.25) is 0 Å². The van der Waals surface area contributed by atoms with E-state index in [0.29, 0.717) is 12.3 Å². The Balaban J connectivity index is 1.49. The molecular formula is C17H23N3O2S. The molecule has 0 spiro atoms. The van der Waals surface area contributed by atoms with Crippen LogP contribution in [0, 0.1) is 0 Å². The number of aromatic nitrogens is 2. The first-order chi connectivity index (χ1) is 11.3. The molecule has 0 aromatic carbocycles. The molecule has 3 heterocycles. The molecule has 2 aromatic rings. The molecule has 0 atom stereocenters. The number of thiophene rings is 1. The summed E-state index contributed by atoms with van der Waals surface area (Å²) in [6.45, 7) is 3.72. The van der Waals surface area contributed by atoms with Crippen molar-refractivity contribution in [2.45, 2.75) is 51.4 Å². The molecule has 23 heavy (non-hydrogen) atoms. The summed E-state index contributed by atoms with van der Waals surface area (Å²) >= 11 is 1.64. The highest BCUT2D eigenvalue weighted by Gasteiger charge is 2.27. The van der Waals surface area contributed by atoms with Crippen molar-refractivity contribution in [3.05, 3.63) is 34.1 Å². The van der Waals surface area contributed by atoms with Gasteiger partial charge in [-0.3, -0.25) is 4.79 Å². The number of amides is 1. The van der Waals surface area contributed by atoms with Crippen molar-refractivity contribution in [3.8, 4) is 0 Å². The molecule has 0 radical (unpaired) electrons. The van der Waals surface area contributed by atoms with Gasteiger partial charge in [-0.2, -0.15) is 4.98 Å². The van der Waals surface area contributed by atoms with E-state index in [4.69, 9.17) is 4.52 Å². The molecule has 1 aliphatic heterocycles. The number of carbonyl (C=O) groups excluding carboxylic acids is 1. The van der Waals surface area contributed by atoms with Crippen molar-refractivity contribution in [1.82, 2.24) is 15.0 Å². The zero-order valence-electron chi connectivity index (χ0n) is 13.5. The molecule has 5 nitrogen and oxygen atoms in total. The van der Waals surface area contributed by atoms with E-state index in [9.17, 15) is 4.79 Å². The SMILES string of the molecule is CCCCc1noc(C2CCN(C(=O)Cc3cccs3)CC2)n1. The zero-order chi connectivity index (χ0) is 16.1. The van der Waals surface area contributed by atoms with Crippen LogP contribution in [0.3, 0.4) is 0 Å². The lowest BCUT2D eigenvalue weighted by atomic mass is 9.96. The highest BCUT2D eigenvalue weighted by atomic mass is 32.1.